The Balaban J connectivity index is 2.65. The molecule has 92 valence electrons. The first-order chi connectivity index (χ1) is 8.00. The van der Waals surface area contributed by atoms with E-state index in [0.717, 1.165) is 0 Å². The van der Waals surface area contributed by atoms with Gasteiger partial charge in [0.2, 0.25) is 0 Å². The standard InChI is InChI=1S/C13H17FN2O/c1-10(8-13(2,9-15)16-3)17-12-7-5-4-6-11(12)14/h4-7,10,16H,8H2,1-3H3. The molecule has 0 aliphatic carbocycles. The van der Waals surface area contributed by atoms with E-state index < -0.39 is 5.54 Å². The molecule has 0 bridgehead atoms. The smallest absolute Gasteiger partial charge is 0.165 e. The number of nitriles is 1. The number of nitrogens with zero attached hydrogens (tertiary/aromatic N) is 1. The average molecular weight is 236 g/mol. The van der Waals surface area contributed by atoms with Crippen molar-refractivity contribution in [1.82, 2.24) is 5.32 Å². The van der Waals surface area contributed by atoms with Crippen molar-refractivity contribution in [3.63, 3.8) is 0 Å². The van der Waals surface area contributed by atoms with Gasteiger partial charge in [-0.1, -0.05) is 12.1 Å². The van der Waals surface area contributed by atoms with Crippen LogP contribution < -0.4 is 10.1 Å². The van der Waals surface area contributed by atoms with Gasteiger partial charge in [-0.05, 0) is 33.0 Å². The lowest BCUT2D eigenvalue weighted by molar-refractivity contribution is 0.175. The maximum Gasteiger partial charge on any atom is 0.165 e. The van der Waals surface area contributed by atoms with Gasteiger partial charge < -0.3 is 10.1 Å². The molecule has 1 rings (SSSR count). The molecule has 0 radical (unpaired) electrons. The predicted molar refractivity (Wildman–Crippen MR) is 64.2 cm³/mol. The quantitative estimate of drug-likeness (QED) is 0.854. The molecule has 3 nitrogen and oxygen atoms in total. The van der Waals surface area contributed by atoms with Gasteiger partial charge in [0.15, 0.2) is 11.6 Å². The zero-order valence-electron chi connectivity index (χ0n) is 10.3. The van der Waals surface area contributed by atoms with E-state index >= 15 is 0 Å². The molecule has 0 fully saturated rings. The van der Waals surface area contributed by atoms with Crippen molar-refractivity contribution < 1.29 is 9.13 Å². The molecule has 17 heavy (non-hydrogen) atoms. The predicted octanol–water partition coefficient (Wildman–Crippen LogP) is 2.48. The number of rotatable bonds is 5. The highest BCUT2D eigenvalue weighted by Crippen LogP contribution is 2.20. The number of nitrogens with one attached hydrogen (secondary N) is 1. The SMILES string of the molecule is CNC(C)(C#N)CC(C)Oc1ccccc1F. The van der Waals surface area contributed by atoms with Crippen LogP contribution in [0.4, 0.5) is 4.39 Å². The minimum atomic E-state index is -0.662. The molecule has 1 aromatic carbocycles. The van der Waals surface area contributed by atoms with Crippen LogP contribution in [0.3, 0.4) is 0 Å². The summed E-state index contributed by atoms with van der Waals surface area (Å²) < 4.78 is 18.8. The van der Waals surface area contributed by atoms with Crippen LogP contribution >= 0.6 is 0 Å². The first kappa shape index (κ1) is 13.5. The van der Waals surface area contributed by atoms with E-state index in [1.807, 2.05) is 6.92 Å². The first-order valence-electron chi connectivity index (χ1n) is 5.52. The van der Waals surface area contributed by atoms with Gasteiger partial charge in [-0.15, -0.1) is 0 Å². The summed E-state index contributed by atoms with van der Waals surface area (Å²) in [4.78, 5) is 0. The van der Waals surface area contributed by atoms with Crippen LogP contribution in [0, 0.1) is 17.1 Å². The Hall–Kier alpha value is -1.60. The monoisotopic (exact) mass is 236 g/mol. The molecular formula is C13H17FN2O. The Morgan fingerprint density at radius 1 is 1.53 bits per heavy atom. The molecule has 1 N–H and O–H groups in total. The van der Waals surface area contributed by atoms with Crippen LogP contribution in [-0.2, 0) is 0 Å². The summed E-state index contributed by atoms with van der Waals surface area (Å²) in [5.74, 6) is -0.168. The fraction of sp³-hybridized carbons (Fsp3) is 0.462. The molecule has 0 amide bonds. The fourth-order valence-electron chi connectivity index (χ4n) is 1.58. The van der Waals surface area contributed by atoms with Crippen molar-refractivity contribution in [2.75, 3.05) is 7.05 Å². The van der Waals surface area contributed by atoms with Gasteiger partial charge in [-0.3, -0.25) is 0 Å². The molecule has 0 aliphatic heterocycles. The Kier molecular flexibility index (Phi) is 4.47. The molecular weight excluding hydrogens is 219 g/mol. The summed E-state index contributed by atoms with van der Waals surface area (Å²) >= 11 is 0. The third-order valence-corrected chi connectivity index (χ3v) is 2.66. The van der Waals surface area contributed by atoms with Gasteiger partial charge in [-0.25, -0.2) is 4.39 Å². The van der Waals surface area contributed by atoms with Crippen molar-refractivity contribution in [2.45, 2.75) is 31.9 Å². The van der Waals surface area contributed by atoms with Crippen molar-refractivity contribution >= 4 is 0 Å². The highest BCUT2D eigenvalue weighted by Gasteiger charge is 2.25. The van der Waals surface area contributed by atoms with Gasteiger partial charge in [0, 0.05) is 6.42 Å². The fourth-order valence-corrected chi connectivity index (χ4v) is 1.58. The Morgan fingerprint density at radius 3 is 2.71 bits per heavy atom. The lowest BCUT2D eigenvalue weighted by Crippen LogP contribution is -2.41. The van der Waals surface area contributed by atoms with Gasteiger partial charge in [0.1, 0.15) is 5.54 Å². The highest BCUT2D eigenvalue weighted by molar-refractivity contribution is 5.24. The van der Waals surface area contributed by atoms with Crippen LogP contribution in [-0.4, -0.2) is 18.7 Å². The molecule has 2 unspecified atom stereocenters. The number of para-hydroxylation sites is 1. The van der Waals surface area contributed by atoms with Crippen molar-refractivity contribution in [3.8, 4) is 11.8 Å². The Bertz CT molecular complexity index is 416. The number of benzene rings is 1. The zero-order valence-corrected chi connectivity index (χ0v) is 10.3. The van der Waals surface area contributed by atoms with Crippen molar-refractivity contribution in [2.24, 2.45) is 0 Å². The summed E-state index contributed by atoms with van der Waals surface area (Å²) in [5.41, 5.74) is -0.662. The summed E-state index contributed by atoms with van der Waals surface area (Å²) in [5, 5.41) is 11.9. The van der Waals surface area contributed by atoms with Gasteiger partial charge in [-0.2, -0.15) is 5.26 Å². The molecule has 0 spiro atoms. The number of ether oxygens (including phenoxy) is 1. The summed E-state index contributed by atoms with van der Waals surface area (Å²) in [7, 11) is 1.72. The molecule has 4 heteroatoms. The van der Waals surface area contributed by atoms with Crippen LogP contribution in [0.1, 0.15) is 20.3 Å². The maximum atomic E-state index is 13.3. The van der Waals surface area contributed by atoms with E-state index in [1.165, 1.54) is 6.07 Å². The van der Waals surface area contributed by atoms with Gasteiger partial charge in [0.05, 0.1) is 12.2 Å². The molecule has 0 saturated heterocycles. The zero-order chi connectivity index (χ0) is 12.9. The molecule has 2 atom stereocenters. The average Bonchev–Trinajstić information content (AvgIpc) is 2.32. The van der Waals surface area contributed by atoms with E-state index in [9.17, 15) is 4.39 Å². The van der Waals surface area contributed by atoms with E-state index in [-0.39, 0.29) is 17.7 Å². The van der Waals surface area contributed by atoms with E-state index in [4.69, 9.17) is 10.00 Å². The number of hydrogen-bond donors (Lipinski definition) is 1. The van der Waals surface area contributed by atoms with Crippen LogP contribution in [0.5, 0.6) is 5.75 Å². The second-order valence-corrected chi connectivity index (χ2v) is 4.26. The topological polar surface area (TPSA) is 45.0 Å². The van der Waals surface area contributed by atoms with E-state index in [2.05, 4.69) is 11.4 Å². The largest absolute Gasteiger partial charge is 0.488 e. The molecule has 0 aromatic heterocycles. The van der Waals surface area contributed by atoms with E-state index in [0.29, 0.717) is 6.42 Å². The maximum absolute atomic E-state index is 13.3. The van der Waals surface area contributed by atoms with Gasteiger partial charge in [0.25, 0.3) is 0 Å². The lowest BCUT2D eigenvalue weighted by atomic mass is 9.97. The second kappa shape index (κ2) is 5.65. The van der Waals surface area contributed by atoms with Crippen molar-refractivity contribution in [3.05, 3.63) is 30.1 Å². The first-order valence-corrected chi connectivity index (χ1v) is 5.52. The summed E-state index contributed by atoms with van der Waals surface area (Å²) in [6, 6.07) is 8.43. The summed E-state index contributed by atoms with van der Waals surface area (Å²) in [6.07, 6.45) is 0.234. The van der Waals surface area contributed by atoms with Crippen molar-refractivity contribution in [1.29, 1.82) is 5.26 Å². The third-order valence-electron chi connectivity index (χ3n) is 2.66. The number of halogens is 1. The third kappa shape index (κ3) is 3.72. The highest BCUT2D eigenvalue weighted by atomic mass is 19.1. The molecule has 0 saturated carbocycles. The van der Waals surface area contributed by atoms with Gasteiger partial charge >= 0.3 is 0 Å². The normalized spacial score (nSPS) is 15.7. The Morgan fingerprint density at radius 2 is 2.18 bits per heavy atom. The van der Waals surface area contributed by atoms with Crippen LogP contribution in [0.2, 0.25) is 0 Å². The number of hydrogen-bond acceptors (Lipinski definition) is 3. The molecule has 1 aromatic rings. The minimum absolute atomic E-state index is 0.219. The van der Waals surface area contributed by atoms with E-state index in [1.54, 1.807) is 32.2 Å². The molecule has 0 heterocycles. The summed E-state index contributed by atoms with van der Waals surface area (Å²) in [6.45, 7) is 3.60. The second-order valence-electron chi connectivity index (χ2n) is 4.26. The Labute approximate surface area is 101 Å². The van der Waals surface area contributed by atoms with Crippen LogP contribution in [0.15, 0.2) is 24.3 Å². The van der Waals surface area contributed by atoms with Crippen LogP contribution in [0.25, 0.3) is 0 Å². The molecule has 0 aliphatic rings. The minimum Gasteiger partial charge on any atom is -0.488 e. The lowest BCUT2D eigenvalue weighted by Gasteiger charge is -2.25.